The molecule has 0 aliphatic heterocycles. The van der Waals surface area contributed by atoms with Crippen molar-refractivity contribution >= 4 is 72.1 Å². The Kier molecular flexibility index (Phi) is 11.9. The second kappa shape index (κ2) is 13.8. The van der Waals surface area contributed by atoms with Crippen molar-refractivity contribution in [2.24, 2.45) is 16.5 Å². The molecule has 3 aromatic rings. The largest absolute Gasteiger partial charge is 0.497 e. The van der Waals surface area contributed by atoms with E-state index in [1.54, 1.807) is 13.3 Å². The van der Waals surface area contributed by atoms with E-state index in [1.165, 1.54) is 0 Å². The van der Waals surface area contributed by atoms with Crippen LogP contribution in [0.25, 0.3) is 23.1 Å². The molecule has 2 unspecified atom stereocenters. The predicted molar refractivity (Wildman–Crippen MR) is 146 cm³/mol. The molecule has 8 nitrogen and oxygen atoms in total. The lowest BCUT2D eigenvalue weighted by atomic mass is 9.90. The average molecular weight is 527 g/mol. The van der Waals surface area contributed by atoms with Gasteiger partial charge in [-0.1, -0.05) is 18.9 Å². The van der Waals surface area contributed by atoms with Gasteiger partial charge in [0.1, 0.15) is 11.6 Å². The van der Waals surface area contributed by atoms with Gasteiger partial charge in [-0.3, -0.25) is 4.98 Å². The fourth-order valence-corrected chi connectivity index (χ4v) is 3.87. The number of nitrogens with one attached hydrogen (secondary N) is 1. The molecule has 34 heavy (non-hydrogen) atoms. The highest BCUT2D eigenvalue weighted by Gasteiger charge is 2.26. The van der Waals surface area contributed by atoms with Crippen molar-refractivity contribution in [2.75, 3.05) is 12.4 Å². The quantitative estimate of drug-likeness (QED) is 0.320. The Morgan fingerprint density at radius 3 is 2.56 bits per heavy atom. The molecular weight excluding hydrogens is 497 g/mol. The summed E-state index contributed by atoms with van der Waals surface area (Å²) in [6.07, 6.45) is 9.66. The van der Waals surface area contributed by atoms with Gasteiger partial charge in [0.05, 0.1) is 30.4 Å². The predicted octanol–water partition coefficient (Wildman–Crippen LogP) is 4.47. The Bertz CT molecular complexity index is 1110. The Labute approximate surface area is 217 Å². The lowest BCUT2D eigenvalue weighted by Crippen LogP contribution is -2.38. The molecule has 4 rings (SSSR count). The van der Waals surface area contributed by atoms with Crippen LogP contribution in [0.4, 0.5) is 5.82 Å². The SMILES string of the molecule is COc1ccc2nc(/C=C\c3ccccn3)nc(NC3CCCCC3N=C(N)N)c2c1.Cl.Cl.Cl. The van der Waals surface area contributed by atoms with Gasteiger partial charge in [0.25, 0.3) is 0 Å². The molecule has 1 aromatic carbocycles. The van der Waals surface area contributed by atoms with E-state index < -0.39 is 0 Å². The van der Waals surface area contributed by atoms with Crippen LogP contribution >= 0.6 is 37.2 Å². The second-order valence-electron chi connectivity index (χ2n) is 7.56. The van der Waals surface area contributed by atoms with E-state index in [2.05, 4.69) is 15.3 Å². The number of nitrogens with zero attached hydrogens (tertiary/aromatic N) is 4. The van der Waals surface area contributed by atoms with Gasteiger partial charge in [0.15, 0.2) is 11.8 Å². The lowest BCUT2D eigenvalue weighted by Gasteiger charge is -2.30. The van der Waals surface area contributed by atoms with E-state index >= 15 is 0 Å². The van der Waals surface area contributed by atoms with Crippen LogP contribution in [-0.2, 0) is 0 Å². The standard InChI is InChI=1S/C23H27N7O.3ClH/c1-31-16-10-11-18-17(14-16)22(28-19-7-2-3-8-20(19)29-23(24)25)30-21(27-18)12-9-15-6-4-5-13-26-15;;;/h4-6,9-14,19-20H,2-3,7-8H2,1H3,(H4,24,25,29)(H,27,28,30);3*1H/b12-9-;;;. The molecule has 2 heterocycles. The van der Waals surface area contributed by atoms with Crippen molar-refractivity contribution in [3.63, 3.8) is 0 Å². The van der Waals surface area contributed by atoms with Gasteiger partial charge in [-0.25, -0.2) is 15.0 Å². The first kappa shape index (κ1) is 29.2. The summed E-state index contributed by atoms with van der Waals surface area (Å²) in [5.41, 5.74) is 13.0. The molecule has 1 aliphatic carbocycles. The van der Waals surface area contributed by atoms with Crippen molar-refractivity contribution in [3.8, 4) is 5.75 Å². The van der Waals surface area contributed by atoms with Gasteiger partial charge in [0.2, 0.25) is 0 Å². The number of methoxy groups -OCH3 is 1. The van der Waals surface area contributed by atoms with Crippen molar-refractivity contribution in [1.82, 2.24) is 15.0 Å². The molecule has 1 fully saturated rings. The summed E-state index contributed by atoms with van der Waals surface area (Å²) >= 11 is 0. The molecule has 2 atom stereocenters. The number of hydrogen-bond acceptors (Lipinski definition) is 6. The summed E-state index contributed by atoms with van der Waals surface area (Å²) in [7, 11) is 1.65. The van der Waals surface area contributed by atoms with Gasteiger partial charge in [-0.15, -0.1) is 37.2 Å². The third-order valence-corrected chi connectivity index (χ3v) is 5.38. The number of hydrogen-bond donors (Lipinski definition) is 3. The minimum absolute atomic E-state index is 0. The van der Waals surface area contributed by atoms with Gasteiger partial charge in [0, 0.05) is 11.6 Å². The summed E-state index contributed by atoms with van der Waals surface area (Å²) in [6.45, 7) is 0. The van der Waals surface area contributed by atoms with Crippen LogP contribution in [-0.4, -0.2) is 40.1 Å². The molecule has 184 valence electrons. The number of nitrogens with two attached hydrogens (primary N) is 2. The van der Waals surface area contributed by atoms with E-state index in [-0.39, 0.29) is 55.3 Å². The van der Waals surface area contributed by atoms with Crippen LogP contribution in [0.1, 0.15) is 37.2 Å². The molecule has 0 saturated heterocycles. The highest BCUT2D eigenvalue weighted by molar-refractivity contribution is 5.91. The number of aromatic nitrogens is 3. The topological polar surface area (TPSA) is 124 Å². The van der Waals surface area contributed by atoms with E-state index in [4.69, 9.17) is 26.2 Å². The minimum Gasteiger partial charge on any atom is -0.497 e. The number of guanidine groups is 1. The first-order chi connectivity index (χ1) is 15.1. The third-order valence-electron chi connectivity index (χ3n) is 5.38. The summed E-state index contributed by atoms with van der Waals surface area (Å²) in [5, 5.41) is 4.49. The molecule has 1 aliphatic rings. The Morgan fingerprint density at radius 1 is 1.06 bits per heavy atom. The van der Waals surface area contributed by atoms with Crippen LogP contribution < -0.4 is 21.5 Å². The molecule has 0 amide bonds. The highest BCUT2D eigenvalue weighted by Crippen LogP contribution is 2.29. The van der Waals surface area contributed by atoms with Crippen LogP contribution in [0.5, 0.6) is 5.75 Å². The highest BCUT2D eigenvalue weighted by atomic mass is 35.5. The number of aliphatic imine (C=N–C) groups is 1. The number of halogens is 3. The molecule has 0 radical (unpaired) electrons. The van der Waals surface area contributed by atoms with Crippen LogP contribution in [0.3, 0.4) is 0 Å². The van der Waals surface area contributed by atoms with Crippen LogP contribution in [0.15, 0.2) is 47.6 Å². The molecule has 2 aromatic heterocycles. The van der Waals surface area contributed by atoms with Crippen molar-refractivity contribution in [3.05, 3.63) is 54.1 Å². The third kappa shape index (κ3) is 7.35. The zero-order valence-electron chi connectivity index (χ0n) is 18.8. The molecule has 5 N–H and O–H groups in total. The van der Waals surface area contributed by atoms with Gasteiger partial charge >= 0.3 is 0 Å². The van der Waals surface area contributed by atoms with E-state index in [1.807, 2.05) is 48.6 Å². The van der Waals surface area contributed by atoms with Crippen LogP contribution in [0.2, 0.25) is 0 Å². The van der Waals surface area contributed by atoms with E-state index in [0.29, 0.717) is 5.82 Å². The Hall–Kier alpha value is -2.81. The van der Waals surface area contributed by atoms with Gasteiger partial charge < -0.3 is 21.5 Å². The van der Waals surface area contributed by atoms with Gasteiger partial charge in [-0.2, -0.15) is 0 Å². The smallest absolute Gasteiger partial charge is 0.186 e. The Morgan fingerprint density at radius 2 is 1.85 bits per heavy atom. The maximum atomic E-state index is 5.67. The molecule has 1 saturated carbocycles. The van der Waals surface area contributed by atoms with Crippen molar-refractivity contribution < 1.29 is 4.74 Å². The zero-order valence-corrected chi connectivity index (χ0v) is 21.2. The fraction of sp³-hybridized carbons (Fsp3) is 0.304. The van der Waals surface area contributed by atoms with Crippen LogP contribution in [0, 0.1) is 0 Å². The van der Waals surface area contributed by atoms with E-state index in [0.717, 1.165) is 53.8 Å². The maximum absolute atomic E-state index is 5.67. The molecule has 11 heteroatoms. The fourth-order valence-electron chi connectivity index (χ4n) is 3.87. The lowest BCUT2D eigenvalue weighted by molar-refractivity contribution is 0.405. The summed E-state index contributed by atoms with van der Waals surface area (Å²) in [6, 6.07) is 11.7. The maximum Gasteiger partial charge on any atom is 0.186 e. The number of fused-ring (bicyclic) bond motifs is 1. The number of ether oxygens (including phenoxy) is 1. The molecule has 0 spiro atoms. The number of anilines is 1. The first-order valence-corrected chi connectivity index (χ1v) is 10.4. The Balaban J connectivity index is 0.00000193. The monoisotopic (exact) mass is 525 g/mol. The second-order valence-corrected chi connectivity index (χ2v) is 7.56. The van der Waals surface area contributed by atoms with Gasteiger partial charge in [-0.05, 0) is 55.3 Å². The summed E-state index contributed by atoms with van der Waals surface area (Å²) in [5.74, 6) is 2.21. The normalized spacial score (nSPS) is 17.1. The minimum atomic E-state index is 0. The summed E-state index contributed by atoms with van der Waals surface area (Å²) in [4.78, 5) is 18.3. The zero-order chi connectivity index (χ0) is 21.6. The average Bonchev–Trinajstić information content (AvgIpc) is 2.79. The number of benzene rings is 1. The number of rotatable bonds is 6. The van der Waals surface area contributed by atoms with Crippen molar-refractivity contribution in [2.45, 2.75) is 37.8 Å². The summed E-state index contributed by atoms with van der Waals surface area (Å²) < 4.78 is 5.42. The molecule has 0 bridgehead atoms. The van der Waals surface area contributed by atoms with Crippen molar-refractivity contribution in [1.29, 1.82) is 0 Å². The molecular formula is C23H30Cl3N7O. The van der Waals surface area contributed by atoms with E-state index in [9.17, 15) is 0 Å². The number of pyridine rings is 1. The first-order valence-electron chi connectivity index (χ1n) is 10.4.